The molecule has 0 saturated carbocycles. The molecule has 1 atom stereocenters. The average molecular weight is 254 g/mol. The Morgan fingerprint density at radius 3 is 2.61 bits per heavy atom. The highest BCUT2D eigenvalue weighted by Crippen LogP contribution is 2.29. The van der Waals surface area contributed by atoms with Gasteiger partial charge < -0.3 is 14.3 Å². The van der Waals surface area contributed by atoms with E-state index >= 15 is 0 Å². The lowest BCUT2D eigenvalue weighted by Gasteiger charge is -2.13. The topological polar surface area (TPSA) is 52.6 Å². The van der Waals surface area contributed by atoms with Crippen LogP contribution in [0, 0.1) is 5.82 Å². The summed E-state index contributed by atoms with van der Waals surface area (Å²) < 4.78 is 23.2. The molecule has 0 aromatic heterocycles. The standard InChI is InChI=1S/C13H15FO4/c1-8(4-5-15)9-6-10(13(16)18-3)12(17-2)11(14)7-9/h5-8H,4H2,1-3H3. The number of carbonyl (C=O) groups excluding carboxylic acids is 2. The van der Waals surface area contributed by atoms with Crippen LogP contribution in [0.4, 0.5) is 4.39 Å². The zero-order valence-corrected chi connectivity index (χ0v) is 10.5. The maximum absolute atomic E-state index is 13.8. The molecule has 0 saturated heterocycles. The van der Waals surface area contributed by atoms with Gasteiger partial charge in [-0.2, -0.15) is 0 Å². The molecule has 0 heterocycles. The average Bonchev–Trinajstić information content (AvgIpc) is 2.37. The maximum atomic E-state index is 13.8. The minimum atomic E-state index is -0.675. The molecular weight excluding hydrogens is 239 g/mol. The second-order valence-electron chi connectivity index (χ2n) is 3.88. The quantitative estimate of drug-likeness (QED) is 0.597. The van der Waals surface area contributed by atoms with Crippen LogP contribution in [0.5, 0.6) is 5.75 Å². The van der Waals surface area contributed by atoms with Gasteiger partial charge in [0.05, 0.1) is 14.2 Å². The Labute approximate surface area is 105 Å². The van der Waals surface area contributed by atoms with E-state index in [2.05, 4.69) is 4.74 Å². The maximum Gasteiger partial charge on any atom is 0.341 e. The predicted molar refractivity (Wildman–Crippen MR) is 63.4 cm³/mol. The monoisotopic (exact) mass is 254 g/mol. The van der Waals surface area contributed by atoms with E-state index in [-0.39, 0.29) is 23.7 Å². The number of hydrogen-bond donors (Lipinski definition) is 0. The van der Waals surface area contributed by atoms with Crippen molar-refractivity contribution < 1.29 is 23.5 Å². The van der Waals surface area contributed by atoms with Gasteiger partial charge in [0.2, 0.25) is 0 Å². The minimum absolute atomic E-state index is 0.0211. The van der Waals surface area contributed by atoms with Crippen LogP contribution < -0.4 is 4.74 Å². The van der Waals surface area contributed by atoms with Crippen molar-refractivity contribution in [2.75, 3.05) is 14.2 Å². The lowest BCUT2D eigenvalue weighted by molar-refractivity contribution is -0.108. The summed E-state index contributed by atoms with van der Waals surface area (Å²) in [6.45, 7) is 1.77. The molecule has 0 fully saturated rings. The van der Waals surface area contributed by atoms with Gasteiger partial charge in [-0.15, -0.1) is 0 Å². The summed E-state index contributed by atoms with van der Waals surface area (Å²) in [5.41, 5.74) is 0.577. The van der Waals surface area contributed by atoms with E-state index in [9.17, 15) is 14.0 Å². The Bertz CT molecular complexity index is 457. The summed E-state index contributed by atoms with van der Waals surface area (Å²) in [7, 11) is 2.49. The van der Waals surface area contributed by atoms with Gasteiger partial charge in [0, 0.05) is 6.42 Å². The summed E-state index contributed by atoms with van der Waals surface area (Å²) in [4.78, 5) is 22.0. The summed E-state index contributed by atoms with van der Waals surface area (Å²) in [6, 6.07) is 2.75. The van der Waals surface area contributed by atoms with Crippen molar-refractivity contribution in [3.8, 4) is 5.75 Å². The molecule has 0 aliphatic heterocycles. The zero-order valence-electron chi connectivity index (χ0n) is 10.5. The van der Waals surface area contributed by atoms with Crippen LogP contribution in [-0.4, -0.2) is 26.5 Å². The number of rotatable bonds is 5. The smallest absolute Gasteiger partial charge is 0.341 e. The molecule has 0 spiro atoms. The van der Waals surface area contributed by atoms with Crippen LogP contribution in [0.15, 0.2) is 12.1 Å². The fourth-order valence-electron chi connectivity index (χ4n) is 1.65. The van der Waals surface area contributed by atoms with Crippen LogP contribution in [0.3, 0.4) is 0 Å². The second kappa shape index (κ2) is 6.14. The minimum Gasteiger partial charge on any atom is -0.493 e. The Morgan fingerprint density at radius 1 is 1.44 bits per heavy atom. The van der Waals surface area contributed by atoms with E-state index in [4.69, 9.17) is 4.74 Å². The molecule has 0 bridgehead atoms. The first-order valence-electron chi connectivity index (χ1n) is 5.44. The summed E-state index contributed by atoms with van der Waals surface area (Å²) >= 11 is 0. The predicted octanol–water partition coefficient (Wildman–Crippen LogP) is 2.31. The molecule has 0 N–H and O–H groups in total. The lowest BCUT2D eigenvalue weighted by atomic mass is 9.96. The van der Waals surface area contributed by atoms with E-state index in [0.717, 1.165) is 6.29 Å². The third-order valence-electron chi connectivity index (χ3n) is 2.69. The normalized spacial score (nSPS) is 11.8. The fraction of sp³-hybridized carbons (Fsp3) is 0.385. The molecule has 1 rings (SSSR count). The highest BCUT2D eigenvalue weighted by Gasteiger charge is 2.20. The Balaban J connectivity index is 3.29. The first-order valence-corrected chi connectivity index (χ1v) is 5.44. The van der Waals surface area contributed by atoms with Crippen LogP contribution >= 0.6 is 0 Å². The number of aldehydes is 1. The van der Waals surface area contributed by atoms with Gasteiger partial charge in [-0.1, -0.05) is 6.92 Å². The van der Waals surface area contributed by atoms with Gasteiger partial charge in [-0.25, -0.2) is 9.18 Å². The number of hydrogen-bond acceptors (Lipinski definition) is 4. The Hall–Kier alpha value is -1.91. The van der Waals surface area contributed by atoms with Crippen LogP contribution in [-0.2, 0) is 9.53 Å². The van der Waals surface area contributed by atoms with Gasteiger partial charge >= 0.3 is 5.97 Å². The van der Waals surface area contributed by atoms with E-state index in [0.29, 0.717) is 5.56 Å². The van der Waals surface area contributed by atoms with Gasteiger partial charge in [0.15, 0.2) is 11.6 Å². The van der Waals surface area contributed by atoms with Gasteiger partial charge in [0.25, 0.3) is 0 Å². The molecule has 1 aromatic rings. The highest BCUT2D eigenvalue weighted by atomic mass is 19.1. The van der Waals surface area contributed by atoms with Crippen molar-refractivity contribution in [2.24, 2.45) is 0 Å². The van der Waals surface area contributed by atoms with Crippen molar-refractivity contribution in [3.63, 3.8) is 0 Å². The van der Waals surface area contributed by atoms with E-state index in [1.807, 2.05) is 0 Å². The number of halogens is 1. The van der Waals surface area contributed by atoms with Gasteiger partial charge in [-0.05, 0) is 23.6 Å². The molecule has 0 aliphatic rings. The number of ether oxygens (including phenoxy) is 2. The molecule has 0 amide bonds. The molecule has 5 heteroatoms. The van der Waals surface area contributed by atoms with Crippen LogP contribution in [0.2, 0.25) is 0 Å². The second-order valence-corrected chi connectivity index (χ2v) is 3.88. The van der Waals surface area contributed by atoms with Crippen molar-refractivity contribution >= 4 is 12.3 Å². The molecule has 98 valence electrons. The number of carbonyl (C=O) groups is 2. The van der Waals surface area contributed by atoms with Crippen molar-refractivity contribution in [3.05, 3.63) is 29.1 Å². The molecular formula is C13H15FO4. The number of benzene rings is 1. The molecule has 0 aliphatic carbocycles. The van der Waals surface area contributed by atoms with E-state index in [1.165, 1.54) is 26.4 Å². The van der Waals surface area contributed by atoms with Gasteiger partial charge in [0.1, 0.15) is 11.8 Å². The van der Waals surface area contributed by atoms with Crippen LogP contribution in [0.1, 0.15) is 35.2 Å². The van der Waals surface area contributed by atoms with E-state index < -0.39 is 11.8 Å². The lowest BCUT2D eigenvalue weighted by Crippen LogP contribution is -2.08. The fourth-order valence-corrected chi connectivity index (χ4v) is 1.65. The zero-order chi connectivity index (χ0) is 13.7. The number of esters is 1. The molecule has 1 aromatic carbocycles. The largest absolute Gasteiger partial charge is 0.493 e. The van der Waals surface area contributed by atoms with Crippen molar-refractivity contribution in [1.82, 2.24) is 0 Å². The third kappa shape index (κ3) is 2.85. The highest BCUT2D eigenvalue weighted by molar-refractivity contribution is 5.92. The molecule has 4 nitrogen and oxygen atoms in total. The Morgan fingerprint density at radius 2 is 2.11 bits per heavy atom. The summed E-state index contributed by atoms with van der Waals surface area (Å²) in [6.07, 6.45) is 1.01. The summed E-state index contributed by atoms with van der Waals surface area (Å²) in [5, 5.41) is 0. The summed E-state index contributed by atoms with van der Waals surface area (Å²) in [5.74, 6) is -1.64. The Kier molecular flexibility index (Phi) is 4.83. The third-order valence-corrected chi connectivity index (χ3v) is 2.69. The van der Waals surface area contributed by atoms with Gasteiger partial charge in [-0.3, -0.25) is 0 Å². The van der Waals surface area contributed by atoms with E-state index in [1.54, 1.807) is 6.92 Å². The first-order chi connectivity index (χ1) is 8.54. The van der Waals surface area contributed by atoms with Crippen molar-refractivity contribution in [1.29, 1.82) is 0 Å². The molecule has 18 heavy (non-hydrogen) atoms. The molecule has 0 radical (unpaired) electrons. The first kappa shape index (κ1) is 14.2. The van der Waals surface area contributed by atoms with Crippen molar-refractivity contribution in [2.45, 2.75) is 19.3 Å². The molecule has 1 unspecified atom stereocenters. The SMILES string of the molecule is COC(=O)c1cc(C(C)CC=O)cc(F)c1OC. The number of methoxy groups -OCH3 is 2. The van der Waals surface area contributed by atoms with Crippen LogP contribution in [0.25, 0.3) is 0 Å².